The van der Waals surface area contributed by atoms with Crippen molar-refractivity contribution in [3.05, 3.63) is 113 Å². The molecule has 0 unspecified atom stereocenters. The number of hydrogen-bond donors (Lipinski definition) is 2. The van der Waals surface area contributed by atoms with Crippen molar-refractivity contribution in [3.8, 4) is 5.69 Å². The molecule has 0 radical (unpaired) electrons. The van der Waals surface area contributed by atoms with E-state index in [9.17, 15) is 0 Å². The molecule has 0 bridgehead atoms. The van der Waals surface area contributed by atoms with Crippen molar-refractivity contribution >= 4 is 34.6 Å². The van der Waals surface area contributed by atoms with Gasteiger partial charge >= 0.3 is 0 Å². The average molecular weight is 516 g/mol. The lowest BCUT2D eigenvalue weighted by molar-refractivity contribution is 0.315. The molecule has 5 rings (SSSR count). The van der Waals surface area contributed by atoms with Crippen LogP contribution in [0, 0.1) is 13.8 Å². The van der Waals surface area contributed by atoms with Crippen molar-refractivity contribution in [3.63, 3.8) is 0 Å². The van der Waals surface area contributed by atoms with Crippen molar-refractivity contribution in [1.29, 1.82) is 0 Å². The Labute approximate surface area is 223 Å². The molecule has 0 amide bonds. The number of aromatic nitrogens is 2. The summed E-state index contributed by atoms with van der Waals surface area (Å²) in [4.78, 5) is 7.00. The molecule has 0 saturated carbocycles. The number of halogens is 1. The van der Waals surface area contributed by atoms with Gasteiger partial charge in [-0.25, -0.2) is 0 Å². The van der Waals surface area contributed by atoms with Gasteiger partial charge in [-0.2, -0.15) is 0 Å². The van der Waals surface area contributed by atoms with E-state index in [2.05, 4.69) is 69.3 Å². The number of nitrogens with one attached hydrogen (secondary N) is 2. The van der Waals surface area contributed by atoms with Gasteiger partial charge < -0.3 is 20.1 Å². The zero-order valence-electron chi connectivity index (χ0n) is 20.5. The number of anilines is 1. The fraction of sp³-hybridized carbons (Fsp3) is 0.241. The quantitative estimate of drug-likeness (QED) is 0.204. The van der Waals surface area contributed by atoms with Crippen molar-refractivity contribution in [2.45, 2.75) is 32.4 Å². The molecule has 2 aromatic carbocycles. The van der Waals surface area contributed by atoms with Crippen LogP contribution in [0.3, 0.4) is 0 Å². The van der Waals surface area contributed by atoms with Gasteiger partial charge in [0.1, 0.15) is 0 Å². The average Bonchev–Trinajstić information content (AvgIpc) is 3.38. The van der Waals surface area contributed by atoms with Gasteiger partial charge in [0.25, 0.3) is 0 Å². The highest BCUT2D eigenvalue weighted by Crippen LogP contribution is 2.41. The molecule has 1 saturated heterocycles. The Bertz CT molecular complexity index is 1340. The normalized spacial score (nSPS) is 17.3. The number of thiocarbonyl (C=S) groups is 1. The fourth-order valence-corrected chi connectivity index (χ4v) is 5.67. The molecule has 0 aliphatic carbocycles. The molecule has 184 valence electrons. The first-order valence-corrected chi connectivity index (χ1v) is 13.0. The van der Waals surface area contributed by atoms with E-state index < -0.39 is 0 Å². The minimum Gasteiger partial charge on any atom is -0.385 e. The number of aryl methyl sites for hydroxylation is 1. The molecule has 2 N–H and O–H groups in total. The predicted molar refractivity (Wildman–Crippen MR) is 152 cm³/mol. The molecule has 2 aromatic heterocycles. The summed E-state index contributed by atoms with van der Waals surface area (Å²) in [5.74, 6) is 0. The smallest absolute Gasteiger partial charge is 0.170 e. The van der Waals surface area contributed by atoms with Crippen LogP contribution >= 0.6 is 23.8 Å². The molecule has 2 atom stereocenters. The Morgan fingerprint density at radius 2 is 1.75 bits per heavy atom. The molecule has 1 aliphatic rings. The van der Waals surface area contributed by atoms with Gasteiger partial charge in [0.05, 0.1) is 28.5 Å². The maximum absolute atomic E-state index is 6.60. The van der Waals surface area contributed by atoms with E-state index >= 15 is 0 Å². The van der Waals surface area contributed by atoms with E-state index in [1.54, 1.807) is 0 Å². The second kappa shape index (κ2) is 10.7. The maximum Gasteiger partial charge on any atom is 0.170 e. The summed E-state index contributed by atoms with van der Waals surface area (Å²) < 4.78 is 2.24. The van der Waals surface area contributed by atoms with Gasteiger partial charge in [0.15, 0.2) is 5.11 Å². The Balaban J connectivity index is 1.46. The predicted octanol–water partition coefficient (Wildman–Crippen LogP) is 6.62. The minimum atomic E-state index is -0.0408. The van der Waals surface area contributed by atoms with E-state index in [1.807, 2.05) is 54.7 Å². The zero-order valence-corrected chi connectivity index (χ0v) is 22.1. The third-order valence-corrected chi connectivity index (χ3v) is 7.43. The summed E-state index contributed by atoms with van der Waals surface area (Å²) in [7, 11) is 0. The second-order valence-corrected chi connectivity index (χ2v) is 9.87. The molecule has 3 heterocycles. The monoisotopic (exact) mass is 515 g/mol. The fourth-order valence-electron chi connectivity index (χ4n) is 5.11. The van der Waals surface area contributed by atoms with Crippen LogP contribution in [-0.2, 0) is 0 Å². The van der Waals surface area contributed by atoms with Crippen LogP contribution in [0.5, 0.6) is 0 Å². The van der Waals surface area contributed by atoms with Gasteiger partial charge in [-0.3, -0.25) is 4.98 Å². The number of pyridine rings is 1. The van der Waals surface area contributed by atoms with E-state index in [4.69, 9.17) is 23.8 Å². The summed E-state index contributed by atoms with van der Waals surface area (Å²) in [5.41, 5.74) is 6.63. The van der Waals surface area contributed by atoms with E-state index in [0.717, 1.165) is 58.1 Å². The van der Waals surface area contributed by atoms with E-state index in [1.165, 1.54) is 5.56 Å². The topological polar surface area (TPSA) is 45.1 Å². The first kappa shape index (κ1) is 24.3. The summed E-state index contributed by atoms with van der Waals surface area (Å²) in [6, 6.07) is 26.6. The first-order valence-electron chi connectivity index (χ1n) is 12.3. The second-order valence-electron chi connectivity index (χ2n) is 9.08. The lowest BCUT2D eigenvalue weighted by Crippen LogP contribution is -2.31. The van der Waals surface area contributed by atoms with Crippen LogP contribution < -0.4 is 10.6 Å². The summed E-state index contributed by atoms with van der Waals surface area (Å²) in [5, 5.41) is 8.58. The maximum atomic E-state index is 6.60. The highest BCUT2D eigenvalue weighted by Gasteiger charge is 2.41. The zero-order chi connectivity index (χ0) is 25.1. The SMILES string of the molecule is Cc1cc([C@H]2[C@H](c3ccccn3)NC(=S)N2CCCNc2ccccc2)c(C)n1-c1ccccc1Cl. The van der Waals surface area contributed by atoms with Crippen molar-refractivity contribution < 1.29 is 0 Å². The van der Waals surface area contributed by atoms with Crippen LogP contribution in [0.2, 0.25) is 5.02 Å². The first-order chi connectivity index (χ1) is 17.5. The molecule has 1 aliphatic heterocycles. The lowest BCUT2D eigenvalue weighted by Gasteiger charge is -2.28. The number of nitrogens with zero attached hydrogens (tertiary/aromatic N) is 3. The molecule has 5 nitrogen and oxygen atoms in total. The third kappa shape index (κ3) is 4.84. The molecule has 4 aromatic rings. The van der Waals surface area contributed by atoms with E-state index in [0.29, 0.717) is 0 Å². The number of rotatable bonds is 8. The minimum absolute atomic E-state index is 0.0200. The number of benzene rings is 2. The molecular weight excluding hydrogens is 486 g/mol. The van der Waals surface area contributed by atoms with Gasteiger partial charge in [-0.15, -0.1) is 0 Å². The van der Waals surface area contributed by atoms with E-state index in [-0.39, 0.29) is 12.1 Å². The van der Waals surface area contributed by atoms with Crippen LogP contribution in [0.15, 0.2) is 85.1 Å². The largest absolute Gasteiger partial charge is 0.385 e. The molecule has 0 spiro atoms. The van der Waals surface area contributed by atoms with Gasteiger partial charge in [0.2, 0.25) is 0 Å². The summed E-state index contributed by atoms with van der Waals surface area (Å²) >= 11 is 12.5. The van der Waals surface area contributed by atoms with Crippen molar-refractivity contribution in [2.75, 3.05) is 18.4 Å². The molecule has 36 heavy (non-hydrogen) atoms. The van der Waals surface area contributed by atoms with Crippen molar-refractivity contribution in [1.82, 2.24) is 19.8 Å². The van der Waals surface area contributed by atoms with Crippen LogP contribution in [0.25, 0.3) is 5.69 Å². The Hall–Kier alpha value is -3.35. The van der Waals surface area contributed by atoms with Crippen LogP contribution in [0.1, 0.15) is 41.1 Å². The summed E-state index contributed by atoms with van der Waals surface area (Å²) in [6.07, 6.45) is 2.79. The Kier molecular flexibility index (Phi) is 7.25. The Morgan fingerprint density at radius 1 is 1.00 bits per heavy atom. The highest BCUT2D eigenvalue weighted by atomic mass is 35.5. The Morgan fingerprint density at radius 3 is 2.50 bits per heavy atom. The lowest BCUT2D eigenvalue weighted by atomic mass is 9.96. The van der Waals surface area contributed by atoms with Crippen LogP contribution in [0.4, 0.5) is 5.69 Å². The van der Waals surface area contributed by atoms with Crippen LogP contribution in [-0.4, -0.2) is 32.7 Å². The third-order valence-electron chi connectivity index (χ3n) is 6.76. The van der Waals surface area contributed by atoms with Gasteiger partial charge in [-0.1, -0.05) is 48.0 Å². The number of para-hydroxylation sites is 2. The number of hydrogen-bond acceptors (Lipinski definition) is 3. The molecule has 1 fully saturated rings. The standard InChI is InChI=1S/C29H30ClN5S/c1-20-19-23(21(2)35(20)26-15-7-6-13-24(26)30)28-27(25-14-8-9-16-32-25)33-29(36)34(28)18-10-17-31-22-11-4-3-5-12-22/h3-9,11-16,19,27-28,31H,10,17-18H2,1-2H3,(H,33,36)/t27-,28-/m0/s1. The highest BCUT2D eigenvalue weighted by molar-refractivity contribution is 7.80. The molecular formula is C29H30ClN5S. The van der Waals surface area contributed by atoms with Crippen molar-refractivity contribution in [2.24, 2.45) is 0 Å². The summed E-state index contributed by atoms with van der Waals surface area (Å²) in [6.45, 7) is 5.99. The molecule has 7 heteroatoms. The van der Waals surface area contributed by atoms with Gasteiger partial charge in [-0.05, 0) is 80.5 Å². The van der Waals surface area contributed by atoms with Gasteiger partial charge in [0, 0.05) is 36.4 Å².